The minimum atomic E-state index is -0.0433. The Morgan fingerprint density at radius 3 is 2.39 bits per heavy atom. The van der Waals surface area contributed by atoms with Gasteiger partial charge in [0.25, 0.3) is 0 Å². The summed E-state index contributed by atoms with van der Waals surface area (Å²) in [5.74, 6) is 2.08. The van der Waals surface area contributed by atoms with Crippen LogP contribution in [0.3, 0.4) is 0 Å². The van der Waals surface area contributed by atoms with Gasteiger partial charge in [-0.2, -0.15) is 0 Å². The van der Waals surface area contributed by atoms with Gasteiger partial charge in [0, 0.05) is 29.6 Å². The van der Waals surface area contributed by atoms with E-state index >= 15 is 0 Å². The highest BCUT2D eigenvalue weighted by atomic mass is 35.5. The van der Waals surface area contributed by atoms with Gasteiger partial charge in [-0.15, -0.1) is 0 Å². The van der Waals surface area contributed by atoms with Crippen LogP contribution in [0.5, 0.6) is 17.2 Å². The summed E-state index contributed by atoms with van der Waals surface area (Å²) in [6.07, 6.45) is 4.14. The van der Waals surface area contributed by atoms with E-state index in [-0.39, 0.29) is 5.54 Å². The first-order chi connectivity index (χ1) is 15.8. The van der Waals surface area contributed by atoms with Crippen LogP contribution in [-0.4, -0.2) is 25.4 Å². The molecule has 0 amide bonds. The summed E-state index contributed by atoms with van der Waals surface area (Å²) in [4.78, 5) is 7.02. The van der Waals surface area contributed by atoms with E-state index < -0.39 is 0 Å². The van der Waals surface area contributed by atoms with Crippen LogP contribution in [0.15, 0.2) is 71.7 Å². The van der Waals surface area contributed by atoms with Crippen LogP contribution in [0.1, 0.15) is 38.8 Å². The van der Waals surface area contributed by atoms with Crippen LogP contribution in [-0.2, 0) is 0 Å². The minimum absolute atomic E-state index is 0.0433. The Morgan fingerprint density at radius 2 is 1.73 bits per heavy atom. The van der Waals surface area contributed by atoms with Gasteiger partial charge in [0.1, 0.15) is 5.75 Å². The number of methoxy groups -OCH3 is 1. The number of aliphatic imine (C=N–C) groups is 1. The van der Waals surface area contributed by atoms with Crippen LogP contribution in [0, 0.1) is 0 Å². The Hall–Kier alpha value is -3.24. The molecule has 5 heteroatoms. The van der Waals surface area contributed by atoms with Crippen LogP contribution in [0.4, 0.5) is 11.4 Å². The van der Waals surface area contributed by atoms with E-state index in [2.05, 4.69) is 55.8 Å². The van der Waals surface area contributed by atoms with Crippen molar-refractivity contribution in [1.29, 1.82) is 0 Å². The van der Waals surface area contributed by atoms with Crippen molar-refractivity contribution >= 4 is 34.8 Å². The third kappa shape index (κ3) is 4.76. The average molecular weight is 461 g/mol. The Morgan fingerprint density at radius 1 is 1.03 bits per heavy atom. The fourth-order valence-corrected chi connectivity index (χ4v) is 4.57. The molecule has 0 aromatic heterocycles. The lowest BCUT2D eigenvalue weighted by Crippen LogP contribution is -2.44. The van der Waals surface area contributed by atoms with Gasteiger partial charge in [0.2, 0.25) is 0 Å². The van der Waals surface area contributed by atoms with Crippen molar-refractivity contribution in [2.75, 3.05) is 18.6 Å². The largest absolute Gasteiger partial charge is 0.493 e. The lowest BCUT2D eigenvalue weighted by Gasteiger charge is -2.43. The quantitative estimate of drug-likeness (QED) is 0.350. The second kappa shape index (κ2) is 9.32. The maximum absolute atomic E-state index is 6.67. The molecule has 1 aliphatic heterocycles. The van der Waals surface area contributed by atoms with Crippen LogP contribution in [0.25, 0.3) is 5.57 Å². The highest BCUT2D eigenvalue weighted by Crippen LogP contribution is 2.41. The van der Waals surface area contributed by atoms with Gasteiger partial charge in [-0.3, -0.25) is 4.99 Å². The molecule has 0 saturated heterocycles. The molecule has 1 heterocycles. The average Bonchev–Trinajstić information content (AvgIpc) is 2.79. The molecular formula is C28H29ClN2O2. The summed E-state index contributed by atoms with van der Waals surface area (Å²) in [6.45, 7) is 9.70. The molecule has 0 aliphatic carbocycles. The summed E-state index contributed by atoms with van der Waals surface area (Å²) in [5, 5.41) is 0.692. The smallest absolute Gasteiger partial charge is 0.169 e. The Bertz CT molecular complexity index is 1210. The fraction of sp³-hybridized carbons (Fsp3) is 0.250. The molecule has 1 aliphatic rings. The van der Waals surface area contributed by atoms with Gasteiger partial charge in [-0.05, 0) is 81.8 Å². The number of para-hydroxylation sites is 2. The first-order valence-corrected chi connectivity index (χ1v) is 11.5. The number of anilines is 1. The Balaban J connectivity index is 1.56. The maximum atomic E-state index is 6.67. The molecule has 0 N–H and O–H groups in total. The number of rotatable bonds is 6. The summed E-state index contributed by atoms with van der Waals surface area (Å²) >= 11 is 6.67. The van der Waals surface area contributed by atoms with Crippen molar-refractivity contribution in [2.24, 2.45) is 4.99 Å². The van der Waals surface area contributed by atoms with Crippen molar-refractivity contribution in [3.8, 4) is 17.2 Å². The van der Waals surface area contributed by atoms with E-state index in [1.54, 1.807) is 7.11 Å². The fourth-order valence-electron chi connectivity index (χ4n) is 4.37. The van der Waals surface area contributed by atoms with Gasteiger partial charge in [-0.1, -0.05) is 29.8 Å². The summed E-state index contributed by atoms with van der Waals surface area (Å²) < 4.78 is 11.3. The number of allylic oxidation sites excluding steroid dienone is 1. The van der Waals surface area contributed by atoms with E-state index in [4.69, 9.17) is 21.1 Å². The molecule has 0 unspecified atom stereocenters. The second-order valence-electron chi connectivity index (χ2n) is 8.62. The van der Waals surface area contributed by atoms with E-state index in [0.717, 1.165) is 17.8 Å². The maximum Gasteiger partial charge on any atom is 0.169 e. The number of ether oxygens (including phenoxy) is 2. The molecule has 3 aromatic rings. The molecule has 0 bridgehead atoms. The number of hydrogen-bond donors (Lipinski definition) is 0. The van der Waals surface area contributed by atoms with Gasteiger partial charge in [0.05, 0.1) is 23.4 Å². The van der Waals surface area contributed by atoms with Crippen LogP contribution < -0.4 is 14.4 Å². The van der Waals surface area contributed by atoms with E-state index in [0.29, 0.717) is 22.3 Å². The molecule has 0 spiro atoms. The summed E-state index contributed by atoms with van der Waals surface area (Å²) in [5.41, 5.74) is 5.29. The molecule has 0 fully saturated rings. The standard InChI is InChI=1S/C28H29ClN2O2/c1-6-31-25-16-24(29)20(15-23(25)19(2)17-28(31,3)4)18-30-21-11-13-22(14-12-21)33-27-10-8-7-9-26(27)32-5/h7-18H,6H2,1-5H3. The molecule has 0 radical (unpaired) electrons. The van der Waals surface area contributed by atoms with E-state index in [9.17, 15) is 0 Å². The van der Waals surface area contributed by atoms with E-state index in [1.165, 1.54) is 16.8 Å². The van der Waals surface area contributed by atoms with Crippen molar-refractivity contribution < 1.29 is 9.47 Å². The number of halogens is 1. The molecule has 4 rings (SSSR count). The topological polar surface area (TPSA) is 34.1 Å². The molecule has 0 atom stereocenters. The number of fused-ring (bicyclic) bond motifs is 1. The molecule has 33 heavy (non-hydrogen) atoms. The molecule has 170 valence electrons. The SMILES string of the molecule is CCN1c2cc(Cl)c(C=Nc3ccc(Oc4ccccc4OC)cc3)cc2C(C)=CC1(C)C. The summed E-state index contributed by atoms with van der Waals surface area (Å²) in [7, 11) is 1.63. The lowest BCUT2D eigenvalue weighted by atomic mass is 9.88. The normalized spacial score (nSPS) is 14.7. The van der Waals surface area contributed by atoms with Gasteiger partial charge in [0.15, 0.2) is 11.5 Å². The Labute approximate surface area is 201 Å². The summed E-state index contributed by atoms with van der Waals surface area (Å²) in [6, 6.07) is 19.4. The number of nitrogens with zero attached hydrogens (tertiary/aromatic N) is 2. The van der Waals surface area contributed by atoms with Crippen molar-refractivity contribution in [3.63, 3.8) is 0 Å². The van der Waals surface area contributed by atoms with Gasteiger partial charge in [-0.25, -0.2) is 0 Å². The minimum Gasteiger partial charge on any atom is -0.493 e. The van der Waals surface area contributed by atoms with Crippen LogP contribution >= 0.6 is 11.6 Å². The third-order valence-corrected chi connectivity index (χ3v) is 6.23. The van der Waals surface area contributed by atoms with E-state index in [1.807, 2.05) is 54.7 Å². The molecule has 0 saturated carbocycles. The zero-order valence-corrected chi connectivity index (χ0v) is 20.5. The number of benzene rings is 3. The predicted octanol–water partition coefficient (Wildman–Crippen LogP) is 7.91. The highest BCUT2D eigenvalue weighted by molar-refractivity contribution is 6.33. The molecule has 3 aromatic carbocycles. The third-order valence-electron chi connectivity index (χ3n) is 5.90. The van der Waals surface area contributed by atoms with Crippen molar-refractivity contribution in [3.05, 3.63) is 82.9 Å². The molecule has 4 nitrogen and oxygen atoms in total. The van der Waals surface area contributed by atoms with Gasteiger partial charge >= 0.3 is 0 Å². The second-order valence-corrected chi connectivity index (χ2v) is 9.03. The first-order valence-electron chi connectivity index (χ1n) is 11.1. The monoisotopic (exact) mass is 460 g/mol. The van der Waals surface area contributed by atoms with Crippen molar-refractivity contribution in [1.82, 2.24) is 0 Å². The lowest BCUT2D eigenvalue weighted by molar-refractivity contribution is 0.379. The zero-order chi connectivity index (χ0) is 23.6. The first kappa shape index (κ1) is 22.9. The Kier molecular flexibility index (Phi) is 6.48. The predicted molar refractivity (Wildman–Crippen MR) is 139 cm³/mol. The van der Waals surface area contributed by atoms with Gasteiger partial charge < -0.3 is 14.4 Å². The zero-order valence-electron chi connectivity index (χ0n) is 19.7. The highest BCUT2D eigenvalue weighted by Gasteiger charge is 2.30. The van der Waals surface area contributed by atoms with Crippen LogP contribution in [0.2, 0.25) is 5.02 Å². The molecular weight excluding hydrogens is 432 g/mol. The van der Waals surface area contributed by atoms with Crippen molar-refractivity contribution in [2.45, 2.75) is 33.2 Å². The number of hydrogen-bond acceptors (Lipinski definition) is 4. The number of likely N-dealkylation sites (N-methyl/N-ethyl adjacent to an activating group) is 1.